The summed E-state index contributed by atoms with van der Waals surface area (Å²) in [7, 11) is 1.63. The molecule has 2 aromatic rings. The zero-order valence-corrected chi connectivity index (χ0v) is 12.7. The predicted octanol–water partition coefficient (Wildman–Crippen LogP) is 2.53. The van der Waals surface area contributed by atoms with Crippen LogP contribution >= 0.6 is 0 Å². The molecule has 0 aliphatic heterocycles. The molecule has 5 heteroatoms. The minimum atomic E-state index is -0.351. The maximum atomic E-state index is 6.42. The minimum Gasteiger partial charge on any atom is -0.493 e. The zero-order chi connectivity index (χ0) is 14.9. The Labute approximate surface area is 119 Å². The molecule has 1 unspecified atom stereocenters. The number of rotatable bonds is 4. The molecule has 0 bridgehead atoms. The number of nitrogens with zero attached hydrogens (tertiary/aromatic N) is 3. The highest BCUT2D eigenvalue weighted by molar-refractivity contribution is 5.37. The molecule has 0 aliphatic rings. The van der Waals surface area contributed by atoms with Crippen LogP contribution in [0.15, 0.2) is 18.5 Å². The topological polar surface area (TPSA) is 66.0 Å². The van der Waals surface area contributed by atoms with E-state index in [0.717, 1.165) is 22.5 Å². The lowest BCUT2D eigenvalue weighted by Crippen LogP contribution is -2.21. The Hall–Kier alpha value is -1.88. The monoisotopic (exact) mass is 274 g/mol. The molecule has 0 fully saturated rings. The molecular formula is C15H22N4O. The highest BCUT2D eigenvalue weighted by Crippen LogP contribution is 2.30. The molecular weight excluding hydrogens is 252 g/mol. The van der Waals surface area contributed by atoms with Gasteiger partial charge in [-0.2, -0.15) is 5.10 Å². The lowest BCUT2D eigenvalue weighted by atomic mass is 10.0. The standard InChI is InChI=1S/C15H22N4O/c1-9(2)19-15(12(20-5)8-18-19)13(16)14-11(4)6-10(3)7-17-14/h6-9,13H,16H2,1-5H3. The van der Waals surface area contributed by atoms with Gasteiger partial charge in [0.2, 0.25) is 0 Å². The van der Waals surface area contributed by atoms with Crippen molar-refractivity contribution in [2.45, 2.75) is 39.8 Å². The Morgan fingerprint density at radius 2 is 1.95 bits per heavy atom. The van der Waals surface area contributed by atoms with E-state index in [1.807, 2.05) is 24.7 Å². The van der Waals surface area contributed by atoms with Crippen LogP contribution in [0.2, 0.25) is 0 Å². The second kappa shape index (κ2) is 5.63. The SMILES string of the molecule is COc1cnn(C(C)C)c1C(N)c1ncc(C)cc1C. The molecule has 2 N–H and O–H groups in total. The van der Waals surface area contributed by atoms with E-state index in [9.17, 15) is 0 Å². The Kier molecular flexibility index (Phi) is 4.09. The number of hydrogen-bond acceptors (Lipinski definition) is 4. The van der Waals surface area contributed by atoms with E-state index in [1.165, 1.54) is 0 Å². The first kappa shape index (κ1) is 14.5. The Morgan fingerprint density at radius 1 is 1.25 bits per heavy atom. The molecule has 2 rings (SSSR count). The molecule has 5 nitrogen and oxygen atoms in total. The van der Waals surface area contributed by atoms with Crippen molar-refractivity contribution in [2.24, 2.45) is 5.73 Å². The van der Waals surface area contributed by atoms with Crippen LogP contribution in [-0.4, -0.2) is 21.9 Å². The van der Waals surface area contributed by atoms with E-state index in [-0.39, 0.29) is 12.1 Å². The van der Waals surface area contributed by atoms with Gasteiger partial charge in [0, 0.05) is 12.2 Å². The number of hydrogen-bond donors (Lipinski definition) is 1. The number of nitrogens with two attached hydrogens (primary N) is 1. The average molecular weight is 274 g/mol. The summed E-state index contributed by atoms with van der Waals surface area (Å²) in [4.78, 5) is 4.49. The van der Waals surface area contributed by atoms with Crippen LogP contribution in [0.5, 0.6) is 5.75 Å². The van der Waals surface area contributed by atoms with E-state index in [0.29, 0.717) is 5.75 Å². The average Bonchev–Trinajstić information content (AvgIpc) is 2.81. The van der Waals surface area contributed by atoms with Crippen LogP contribution in [0.25, 0.3) is 0 Å². The Morgan fingerprint density at radius 3 is 2.50 bits per heavy atom. The normalized spacial score (nSPS) is 12.8. The summed E-state index contributed by atoms with van der Waals surface area (Å²) in [6, 6.07) is 1.95. The molecule has 2 aromatic heterocycles. The first-order chi connectivity index (χ1) is 9.45. The second-order valence-corrected chi connectivity index (χ2v) is 5.33. The molecule has 0 aliphatic carbocycles. The van der Waals surface area contributed by atoms with Crippen molar-refractivity contribution >= 4 is 0 Å². The molecule has 20 heavy (non-hydrogen) atoms. The predicted molar refractivity (Wildman–Crippen MR) is 78.9 cm³/mol. The summed E-state index contributed by atoms with van der Waals surface area (Å²) in [5, 5.41) is 4.36. The van der Waals surface area contributed by atoms with Crippen molar-refractivity contribution in [1.82, 2.24) is 14.8 Å². The largest absolute Gasteiger partial charge is 0.493 e. The van der Waals surface area contributed by atoms with E-state index in [1.54, 1.807) is 13.3 Å². The van der Waals surface area contributed by atoms with E-state index >= 15 is 0 Å². The first-order valence-corrected chi connectivity index (χ1v) is 6.75. The van der Waals surface area contributed by atoms with Gasteiger partial charge in [-0.3, -0.25) is 9.67 Å². The molecule has 0 radical (unpaired) electrons. The van der Waals surface area contributed by atoms with Crippen LogP contribution in [0.3, 0.4) is 0 Å². The maximum absolute atomic E-state index is 6.42. The van der Waals surface area contributed by atoms with Crippen LogP contribution in [0.4, 0.5) is 0 Å². The highest BCUT2D eigenvalue weighted by Gasteiger charge is 2.23. The van der Waals surface area contributed by atoms with Gasteiger partial charge < -0.3 is 10.5 Å². The second-order valence-electron chi connectivity index (χ2n) is 5.33. The molecule has 0 amide bonds. The van der Waals surface area contributed by atoms with Crippen molar-refractivity contribution in [1.29, 1.82) is 0 Å². The number of pyridine rings is 1. The summed E-state index contributed by atoms with van der Waals surface area (Å²) in [6.07, 6.45) is 3.55. The summed E-state index contributed by atoms with van der Waals surface area (Å²) >= 11 is 0. The molecule has 108 valence electrons. The maximum Gasteiger partial charge on any atom is 0.161 e. The molecule has 0 aromatic carbocycles. The fourth-order valence-corrected chi connectivity index (χ4v) is 2.40. The highest BCUT2D eigenvalue weighted by atomic mass is 16.5. The van der Waals surface area contributed by atoms with Gasteiger partial charge in [0.25, 0.3) is 0 Å². The van der Waals surface area contributed by atoms with Crippen molar-refractivity contribution in [3.63, 3.8) is 0 Å². The lowest BCUT2D eigenvalue weighted by molar-refractivity contribution is 0.400. The Balaban J connectivity index is 2.52. The van der Waals surface area contributed by atoms with E-state index < -0.39 is 0 Å². The van der Waals surface area contributed by atoms with Crippen molar-refractivity contribution < 1.29 is 4.74 Å². The van der Waals surface area contributed by atoms with Crippen molar-refractivity contribution in [3.05, 3.63) is 41.0 Å². The molecule has 2 heterocycles. The fraction of sp³-hybridized carbons (Fsp3) is 0.467. The van der Waals surface area contributed by atoms with Gasteiger partial charge in [0.1, 0.15) is 5.69 Å². The summed E-state index contributed by atoms with van der Waals surface area (Å²) in [5.74, 6) is 0.702. The zero-order valence-electron chi connectivity index (χ0n) is 12.7. The number of ether oxygens (including phenoxy) is 1. The molecule has 1 atom stereocenters. The van der Waals surface area contributed by atoms with Crippen LogP contribution in [0.1, 0.15) is 48.4 Å². The summed E-state index contributed by atoms with van der Waals surface area (Å²) in [6.45, 7) is 8.18. The van der Waals surface area contributed by atoms with Gasteiger partial charge in [0.05, 0.1) is 25.0 Å². The smallest absolute Gasteiger partial charge is 0.161 e. The van der Waals surface area contributed by atoms with Gasteiger partial charge >= 0.3 is 0 Å². The van der Waals surface area contributed by atoms with Crippen molar-refractivity contribution in [2.75, 3.05) is 7.11 Å². The van der Waals surface area contributed by atoms with Gasteiger partial charge in [-0.1, -0.05) is 6.07 Å². The van der Waals surface area contributed by atoms with E-state index in [4.69, 9.17) is 10.5 Å². The number of aryl methyl sites for hydroxylation is 2. The summed E-state index contributed by atoms with van der Waals surface area (Å²) in [5.41, 5.74) is 10.4. The first-order valence-electron chi connectivity index (χ1n) is 6.75. The van der Waals surface area contributed by atoms with Gasteiger partial charge in [-0.25, -0.2) is 0 Å². The van der Waals surface area contributed by atoms with Crippen LogP contribution < -0.4 is 10.5 Å². The molecule has 0 spiro atoms. The van der Waals surface area contributed by atoms with Gasteiger partial charge in [-0.15, -0.1) is 0 Å². The third-order valence-corrected chi connectivity index (χ3v) is 3.35. The Bertz CT molecular complexity index is 604. The minimum absolute atomic E-state index is 0.214. The van der Waals surface area contributed by atoms with Crippen molar-refractivity contribution in [3.8, 4) is 5.75 Å². The summed E-state index contributed by atoms with van der Waals surface area (Å²) < 4.78 is 7.28. The quantitative estimate of drug-likeness (QED) is 0.930. The molecule has 0 saturated heterocycles. The number of methoxy groups -OCH3 is 1. The van der Waals surface area contributed by atoms with Crippen LogP contribution in [-0.2, 0) is 0 Å². The fourth-order valence-electron chi connectivity index (χ4n) is 2.40. The lowest BCUT2D eigenvalue weighted by Gasteiger charge is -2.19. The van der Waals surface area contributed by atoms with Gasteiger partial charge in [-0.05, 0) is 38.8 Å². The van der Waals surface area contributed by atoms with E-state index in [2.05, 4.69) is 30.0 Å². The van der Waals surface area contributed by atoms with Gasteiger partial charge in [0.15, 0.2) is 5.75 Å². The third kappa shape index (κ3) is 2.54. The number of aromatic nitrogens is 3. The van der Waals surface area contributed by atoms with Crippen LogP contribution in [0, 0.1) is 13.8 Å². The third-order valence-electron chi connectivity index (χ3n) is 3.35. The molecule has 0 saturated carbocycles.